The number of esters is 1. The highest BCUT2D eigenvalue weighted by Crippen LogP contribution is 2.25. The van der Waals surface area contributed by atoms with Crippen molar-refractivity contribution in [3.63, 3.8) is 0 Å². The number of amides is 1. The highest BCUT2D eigenvalue weighted by atomic mass is 35.5. The van der Waals surface area contributed by atoms with Crippen molar-refractivity contribution in [1.29, 1.82) is 0 Å². The highest BCUT2D eigenvalue weighted by Gasteiger charge is 2.25. The van der Waals surface area contributed by atoms with Gasteiger partial charge in [-0.05, 0) is 55.7 Å². The fraction of sp³-hybridized carbons (Fsp3) is 0.292. The number of hydrogen-bond donors (Lipinski definition) is 2. The number of methoxy groups -OCH3 is 1. The Hall–Kier alpha value is -2.61. The van der Waals surface area contributed by atoms with E-state index in [-0.39, 0.29) is 15.6 Å². The van der Waals surface area contributed by atoms with E-state index >= 15 is 0 Å². The van der Waals surface area contributed by atoms with E-state index in [2.05, 4.69) is 21.7 Å². The van der Waals surface area contributed by atoms with Crippen molar-refractivity contribution in [2.75, 3.05) is 19.5 Å². The third kappa shape index (κ3) is 6.93. The second-order valence-electron chi connectivity index (χ2n) is 7.34. The molecule has 3 rings (SSSR count). The molecule has 0 saturated carbocycles. The standard InChI is InChI=1S/C24H25Cl2N3O3S/c1-27-21-11-4-7-15(28-21)6-3-8-16-12-13-17(33-16)14-20(24(31)32-2)29-23(30)22-18(25)9-5-10-19(22)26/h4-5,7,9-13,20H,3,6,8,14H2,1-2H3,(H,27,28)(H,29,30)/t20-/m0/s1. The van der Waals surface area contributed by atoms with E-state index in [1.165, 1.54) is 12.0 Å². The number of carbonyl (C=O) groups is 2. The summed E-state index contributed by atoms with van der Waals surface area (Å²) in [6.45, 7) is 0. The zero-order valence-corrected chi connectivity index (χ0v) is 20.7. The minimum Gasteiger partial charge on any atom is -0.467 e. The van der Waals surface area contributed by atoms with Gasteiger partial charge < -0.3 is 15.4 Å². The van der Waals surface area contributed by atoms with Crippen molar-refractivity contribution in [1.82, 2.24) is 10.3 Å². The van der Waals surface area contributed by atoms with Crippen molar-refractivity contribution < 1.29 is 14.3 Å². The molecule has 33 heavy (non-hydrogen) atoms. The highest BCUT2D eigenvalue weighted by molar-refractivity contribution is 7.12. The molecule has 2 heterocycles. The summed E-state index contributed by atoms with van der Waals surface area (Å²) in [6, 6.07) is 13.9. The molecular formula is C24H25Cl2N3O3S. The van der Waals surface area contributed by atoms with E-state index in [1.807, 2.05) is 31.3 Å². The van der Waals surface area contributed by atoms with Crippen LogP contribution in [0.3, 0.4) is 0 Å². The smallest absolute Gasteiger partial charge is 0.328 e. The van der Waals surface area contributed by atoms with Crippen LogP contribution in [0.1, 0.15) is 32.2 Å². The van der Waals surface area contributed by atoms with Gasteiger partial charge in [0.15, 0.2) is 0 Å². The number of nitrogens with zero attached hydrogens (tertiary/aromatic N) is 1. The Morgan fingerprint density at radius 3 is 2.42 bits per heavy atom. The molecular weight excluding hydrogens is 481 g/mol. The first-order chi connectivity index (χ1) is 15.9. The number of rotatable bonds is 10. The second-order valence-corrected chi connectivity index (χ2v) is 9.40. The molecule has 174 valence electrons. The summed E-state index contributed by atoms with van der Waals surface area (Å²) >= 11 is 13.9. The van der Waals surface area contributed by atoms with E-state index in [0.717, 1.165) is 35.7 Å². The van der Waals surface area contributed by atoms with Crippen molar-refractivity contribution in [2.24, 2.45) is 0 Å². The van der Waals surface area contributed by atoms with Crippen LogP contribution in [0.25, 0.3) is 0 Å². The third-order valence-electron chi connectivity index (χ3n) is 5.02. The number of hydrogen-bond acceptors (Lipinski definition) is 6. The fourth-order valence-corrected chi connectivity index (χ4v) is 5.02. The topological polar surface area (TPSA) is 80.3 Å². The molecule has 0 aliphatic heterocycles. The van der Waals surface area contributed by atoms with Crippen LogP contribution < -0.4 is 10.6 Å². The first-order valence-corrected chi connectivity index (χ1v) is 12.0. The molecule has 0 saturated heterocycles. The maximum atomic E-state index is 12.7. The maximum absolute atomic E-state index is 12.7. The van der Waals surface area contributed by atoms with Gasteiger partial charge in [0.1, 0.15) is 11.9 Å². The first kappa shape index (κ1) is 25.0. The lowest BCUT2D eigenvalue weighted by atomic mass is 10.1. The third-order valence-corrected chi connectivity index (χ3v) is 6.82. The number of aryl methyl sites for hydroxylation is 2. The summed E-state index contributed by atoms with van der Waals surface area (Å²) in [6.07, 6.45) is 3.06. The number of halogens is 2. The van der Waals surface area contributed by atoms with Crippen LogP contribution in [0.4, 0.5) is 5.82 Å². The molecule has 1 amide bonds. The van der Waals surface area contributed by atoms with Gasteiger partial charge in [-0.15, -0.1) is 11.3 Å². The number of anilines is 1. The number of carbonyl (C=O) groups excluding carboxylic acids is 2. The lowest BCUT2D eigenvalue weighted by Crippen LogP contribution is -2.43. The summed E-state index contributed by atoms with van der Waals surface area (Å²) in [5.41, 5.74) is 1.18. The van der Waals surface area contributed by atoms with Gasteiger partial charge in [-0.3, -0.25) is 4.79 Å². The zero-order chi connectivity index (χ0) is 23.8. The summed E-state index contributed by atoms with van der Waals surface area (Å²) in [4.78, 5) is 31.8. The Morgan fingerprint density at radius 1 is 1.03 bits per heavy atom. The number of benzene rings is 1. The Balaban J connectivity index is 1.61. The number of ether oxygens (including phenoxy) is 1. The molecule has 0 bridgehead atoms. The lowest BCUT2D eigenvalue weighted by molar-refractivity contribution is -0.142. The van der Waals surface area contributed by atoms with E-state index in [1.54, 1.807) is 29.5 Å². The normalized spacial score (nSPS) is 11.6. The Morgan fingerprint density at radius 2 is 1.73 bits per heavy atom. The van der Waals surface area contributed by atoms with Gasteiger partial charge in [-0.25, -0.2) is 9.78 Å². The molecule has 0 aliphatic carbocycles. The van der Waals surface area contributed by atoms with Crippen LogP contribution in [0, 0.1) is 0 Å². The Bertz CT molecular complexity index is 1100. The van der Waals surface area contributed by atoms with Crippen LogP contribution in [-0.4, -0.2) is 37.1 Å². The van der Waals surface area contributed by atoms with Crippen LogP contribution in [0.2, 0.25) is 10.0 Å². The summed E-state index contributed by atoms with van der Waals surface area (Å²) in [5.74, 6) is -0.189. The second kappa shape index (κ2) is 12.0. The van der Waals surface area contributed by atoms with Gasteiger partial charge in [0.05, 0.1) is 22.7 Å². The summed E-state index contributed by atoms with van der Waals surface area (Å²) < 4.78 is 4.89. The molecule has 6 nitrogen and oxygen atoms in total. The van der Waals surface area contributed by atoms with Crippen LogP contribution in [0.5, 0.6) is 0 Å². The van der Waals surface area contributed by atoms with E-state index in [0.29, 0.717) is 6.42 Å². The largest absolute Gasteiger partial charge is 0.467 e. The predicted molar refractivity (Wildman–Crippen MR) is 134 cm³/mol. The monoisotopic (exact) mass is 505 g/mol. The molecule has 9 heteroatoms. The van der Waals surface area contributed by atoms with Crippen molar-refractivity contribution >= 4 is 52.2 Å². The van der Waals surface area contributed by atoms with Crippen LogP contribution >= 0.6 is 34.5 Å². The average molecular weight is 506 g/mol. The van der Waals surface area contributed by atoms with Gasteiger partial charge in [-0.2, -0.15) is 0 Å². The van der Waals surface area contributed by atoms with E-state index in [9.17, 15) is 9.59 Å². The molecule has 0 spiro atoms. The Kier molecular flexibility index (Phi) is 9.11. The van der Waals surface area contributed by atoms with Gasteiger partial charge in [0.25, 0.3) is 5.91 Å². The van der Waals surface area contributed by atoms with Crippen LogP contribution in [0.15, 0.2) is 48.5 Å². The number of aromatic nitrogens is 1. The average Bonchev–Trinajstić information content (AvgIpc) is 3.25. The van der Waals surface area contributed by atoms with Gasteiger partial charge in [-0.1, -0.05) is 35.3 Å². The molecule has 0 fully saturated rings. The summed E-state index contributed by atoms with van der Waals surface area (Å²) in [7, 11) is 3.15. The number of pyridine rings is 1. The molecule has 2 N–H and O–H groups in total. The maximum Gasteiger partial charge on any atom is 0.328 e. The molecule has 0 unspecified atom stereocenters. The quantitative estimate of drug-likeness (QED) is 0.371. The van der Waals surface area contributed by atoms with Crippen LogP contribution in [-0.2, 0) is 28.8 Å². The molecule has 1 atom stereocenters. The molecule has 0 aliphatic rings. The van der Waals surface area contributed by atoms with Gasteiger partial charge in [0, 0.05) is 28.9 Å². The van der Waals surface area contributed by atoms with E-state index in [4.69, 9.17) is 27.9 Å². The summed E-state index contributed by atoms with van der Waals surface area (Å²) in [5, 5.41) is 6.20. The SMILES string of the molecule is CNc1cccc(CCCc2ccc(C[C@H](NC(=O)c3c(Cl)cccc3Cl)C(=O)OC)s2)n1. The number of nitrogens with one attached hydrogen (secondary N) is 2. The van der Waals surface area contributed by atoms with Gasteiger partial charge in [0.2, 0.25) is 0 Å². The van der Waals surface area contributed by atoms with Crippen molar-refractivity contribution in [3.8, 4) is 0 Å². The van der Waals surface area contributed by atoms with E-state index < -0.39 is 17.9 Å². The minimum absolute atomic E-state index is 0.137. The predicted octanol–water partition coefficient (Wildman–Crippen LogP) is 5.18. The Labute approximate surface area is 207 Å². The van der Waals surface area contributed by atoms with Gasteiger partial charge >= 0.3 is 5.97 Å². The molecule has 1 aromatic carbocycles. The fourth-order valence-electron chi connectivity index (χ4n) is 3.35. The number of thiophene rings is 1. The van der Waals surface area contributed by atoms with Crippen molar-refractivity contribution in [3.05, 3.63) is 79.6 Å². The molecule has 0 radical (unpaired) electrons. The first-order valence-electron chi connectivity index (χ1n) is 10.4. The lowest BCUT2D eigenvalue weighted by Gasteiger charge is -2.17. The zero-order valence-electron chi connectivity index (χ0n) is 18.4. The minimum atomic E-state index is -0.852. The molecule has 3 aromatic rings. The van der Waals surface area contributed by atoms with Crippen molar-refractivity contribution in [2.45, 2.75) is 31.7 Å². The molecule has 2 aromatic heterocycles.